The molecular formula is C63H110O6. The maximum absolute atomic E-state index is 12.9. The molecule has 0 aromatic heterocycles. The van der Waals surface area contributed by atoms with Crippen molar-refractivity contribution in [1.82, 2.24) is 0 Å². The predicted molar refractivity (Wildman–Crippen MR) is 298 cm³/mol. The summed E-state index contributed by atoms with van der Waals surface area (Å²) in [6.07, 6.45) is 73.2. The van der Waals surface area contributed by atoms with Gasteiger partial charge in [0.05, 0.1) is 0 Å². The zero-order valence-corrected chi connectivity index (χ0v) is 45.6. The lowest BCUT2D eigenvalue weighted by molar-refractivity contribution is -0.167. The van der Waals surface area contributed by atoms with E-state index in [2.05, 4.69) is 93.7 Å². The predicted octanol–water partition coefficient (Wildman–Crippen LogP) is 19.8. The van der Waals surface area contributed by atoms with Gasteiger partial charge in [-0.25, -0.2) is 0 Å². The fourth-order valence-electron chi connectivity index (χ4n) is 8.25. The number of carbonyl (C=O) groups is 3. The van der Waals surface area contributed by atoms with Crippen LogP contribution < -0.4 is 0 Å². The van der Waals surface area contributed by atoms with Crippen molar-refractivity contribution in [2.75, 3.05) is 13.2 Å². The van der Waals surface area contributed by atoms with Crippen molar-refractivity contribution in [3.05, 3.63) is 72.9 Å². The smallest absolute Gasteiger partial charge is 0.306 e. The highest BCUT2D eigenvalue weighted by atomic mass is 16.6. The molecular weight excluding hydrogens is 853 g/mol. The van der Waals surface area contributed by atoms with Crippen LogP contribution in [-0.2, 0) is 28.6 Å². The van der Waals surface area contributed by atoms with Crippen molar-refractivity contribution in [3.8, 4) is 0 Å². The maximum atomic E-state index is 12.9. The van der Waals surface area contributed by atoms with Crippen LogP contribution in [0.25, 0.3) is 0 Å². The molecule has 0 N–H and O–H groups in total. The van der Waals surface area contributed by atoms with Gasteiger partial charge >= 0.3 is 17.9 Å². The highest BCUT2D eigenvalue weighted by Crippen LogP contribution is 2.15. The molecule has 69 heavy (non-hydrogen) atoms. The van der Waals surface area contributed by atoms with E-state index in [0.717, 1.165) is 103 Å². The van der Waals surface area contributed by atoms with Gasteiger partial charge in [0.2, 0.25) is 0 Å². The fraction of sp³-hybridized carbons (Fsp3) is 0.762. The van der Waals surface area contributed by atoms with Gasteiger partial charge in [-0.15, -0.1) is 0 Å². The van der Waals surface area contributed by atoms with Crippen LogP contribution in [0.3, 0.4) is 0 Å². The molecule has 0 bridgehead atoms. The summed E-state index contributed by atoms with van der Waals surface area (Å²) >= 11 is 0. The van der Waals surface area contributed by atoms with E-state index < -0.39 is 6.10 Å². The lowest BCUT2D eigenvalue weighted by Gasteiger charge is -2.18. The van der Waals surface area contributed by atoms with E-state index in [1.165, 1.54) is 148 Å². The maximum Gasteiger partial charge on any atom is 0.306 e. The molecule has 1 atom stereocenters. The molecule has 0 rings (SSSR count). The van der Waals surface area contributed by atoms with Gasteiger partial charge in [-0.05, 0) is 109 Å². The molecule has 0 saturated heterocycles. The van der Waals surface area contributed by atoms with Crippen LogP contribution in [0.1, 0.15) is 290 Å². The molecule has 6 heteroatoms. The van der Waals surface area contributed by atoms with Gasteiger partial charge in [0.1, 0.15) is 13.2 Å². The second kappa shape index (κ2) is 57.4. The Morgan fingerprint density at radius 1 is 0.304 bits per heavy atom. The second-order valence-corrected chi connectivity index (χ2v) is 19.5. The number of allylic oxidation sites excluding steroid dienone is 12. The number of unbranched alkanes of at least 4 members (excludes halogenated alkanes) is 30. The van der Waals surface area contributed by atoms with Crippen molar-refractivity contribution >= 4 is 17.9 Å². The van der Waals surface area contributed by atoms with Gasteiger partial charge in [0, 0.05) is 19.3 Å². The summed E-state index contributed by atoms with van der Waals surface area (Å²) in [7, 11) is 0. The first-order chi connectivity index (χ1) is 34.0. The Hall–Kier alpha value is -3.15. The largest absolute Gasteiger partial charge is 0.462 e. The molecule has 0 unspecified atom stereocenters. The van der Waals surface area contributed by atoms with Gasteiger partial charge in [0.15, 0.2) is 6.10 Å². The monoisotopic (exact) mass is 963 g/mol. The Bertz CT molecular complexity index is 1290. The SMILES string of the molecule is CC/C=C\C/C=C\C/C=C\C/C=C\CCCCCCC(=O)OC[C@H](COC(=O)CCCCCCC/C=C\CCCCCC)OC(=O)CCCCCCCCCCCCC/C=C\CCCCCCCC. The van der Waals surface area contributed by atoms with Crippen molar-refractivity contribution < 1.29 is 28.6 Å². The Labute approximate surface area is 427 Å². The van der Waals surface area contributed by atoms with Crippen LogP contribution in [0.5, 0.6) is 0 Å². The van der Waals surface area contributed by atoms with E-state index >= 15 is 0 Å². The van der Waals surface area contributed by atoms with E-state index in [4.69, 9.17) is 14.2 Å². The molecule has 0 saturated carbocycles. The molecule has 0 aromatic carbocycles. The summed E-state index contributed by atoms with van der Waals surface area (Å²) in [4.78, 5) is 38.2. The molecule has 0 aliphatic rings. The van der Waals surface area contributed by atoms with Crippen LogP contribution in [-0.4, -0.2) is 37.2 Å². The molecule has 0 aliphatic carbocycles. The first kappa shape index (κ1) is 65.8. The molecule has 0 fully saturated rings. The van der Waals surface area contributed by atoms with Crippen molar-refractivity contribution in [1.29, 1.82) is 0 Å². The second-order valence-electron chi connectivity index (χ2n) is 19.5. The van der Waals surface area contributed by atoms with Gasteiger partial charge < -0.3 is 14.2 Å². The van der Waals surface area contributed by atoms with E-state index in [9.17, 15) is 14.4 Å². The average molecular weight is 964 g/mol. The molecule has 0 aromatic rings. The molecule has 0 spiro atoms. The van der Waals surface area contributed by atoms with Gasteiger partial charge in [-0.1, -0.05) is 235 Å². The minimum Gasteiger partial charge on any atom is -0.462 e. The Balaban J connectivity index is 4.38. The molecule has 0 radical (unpaired) electrons. The Kier molecular flexibility index (Phi) is 54.8. The van der Waals surface area contributed by atoms with E-state index in [0.29, 0.717) is 19.3 Å². The fourth-order valence-corrected chi connectivity index (χ4v) is 8.25. The molecule has 0 heterocycles. The number of rotatable bonds is 53. The molecule has 0 aliphatic heterocycles. The summed E-state index contributed by atoms with van der Waals surface area (Å²) in [5, 5.41) is 0. The molecule has 398 valence electrons. The number of ether oxygens (including phenoxy) is 3. The number of carbonyl (C=O) groups excluding carboxylic acids is 3. The zero-order valence-electron chi connectivity index (χ0n) is 45.6. The first-order valence-corrected chi connectivity index (χ1v) is 29.4. The quantitative estimate of drug-likeness (QED) is 0.0262. The summed E-state index contributed by atoms with van der Waals surface area (Å²) in [6, 6.07) is 0. The van der Waals surface area contributed by atoms with E-state index in [1.54, 1.807) is 0 Å². The third-order valence-corrected chi connectivity index (χ3v) is 12.7. The van der Waals surface area contributed by atoms with E-state index in [1.807, 2.05) is 0 Å². The highest BCUT2D eigenvalue weighted by molar-refractivity contribution is 5.71. The van der Waals surface area contributed by atoms with Crippen molar-refractivity contribution in [2.24, 2.45) is 0 Å². The number of hydrogen-bond donors (Lipinski definition) is 0. The van der Waals surface area contributed by atoms with Crippen LogP contribution in [0.2, 0.25) is 0 Å². The summed E-state index contributed by atoms with van der Waals surface area (Å²) in [6.45, 7) is 6.50. The van der Waals surface area contributed by atoms with Gasteiger partial charge in [-0.2, -0.15) is 0 Å². The van der Waals surface area contributed by atoms with Crippen LogP contribution in [0, 0.1) is 0 Å². The Morgan fingerprint density at radius 2 is 0.565 bits per heavy atom. The minimum absolute atomic E-state index is 0.0870. The summed E-state index contributed by atoms with van der Waals surface area (Å²) in [5.74, 6) is -0.911. The third kappa shape index (κ3) is 55.6. The Morgan fingerprint density at radius 3 is 0.913 bits per heavy atom. The van der Waals surface area contributed by atoms with E-state index in [-0.39, 0.29) is 31.1 Å². The van der Waals surface area contributed by atoms with Crippen LogP contribution >= 0.6 is 0 Å². The van der Waals surface area contributed by atoms with Gasteiger partial charge in [0.25, 0.3) is 0 Å². The lowest BCUT2D eigenvalue weighted by atomic mass is 10.0. The first-order valence-electron chi connectivity index (χ1n) is 29.4. The van der Waals surface area contributed by atoms with Crippen molar-refractivity contribution in [3.63, 3.8) is 0 Å². The standard InChI is InChI=1S/C63H110O6/c1-4-7-10-13-16-19-22-25-27-29-30-31-32-34-36-39-42-45-48-51-54-57-63(66)69-60(58-67-61(64)55-52-49-46-43-40-37-24-21-18-15-12-9-6-3)59-68-62(65)56-53-50-47-44-41-38-35-33-28-26-23-20-17-14-11-8-5-2/h8,11,17,20-21,24-28,35,38,60H,4-7,9-10,12-16,18-19,22-23,29-34,36-37,39-59H2,1-3H3/b11-8-,20-17-,24-21-,27-25-,28-26-,38-35-/t60-/m0/s1. The number of esters is 3. The van der Waals surface area contributed by atoms with Crippen LogP contribution in [0.4, 0.5) is 0 Å². The molecule has 6 nitrogen and oxygen atoms in total. The summed E-state index contributed by atoms with van der Waals surface area (Å²) < 4.78 is 16.9. The third-order valence-electron chi connectivity index (χ3n) is 12.7. The summed E-state index contributed by atoms with van der Waals surface area (Å²) in [5.41, 5.74) is 0. The normalized spacial score (nSPS) is 12.6. The topological polar surface area (TPSA) is 78.9 Å². The molecule has 0 amide bonds. The van der Waals surface area contributed by atoms with Crippen molar-refractivity contribution in [2.45, 2.75) is 297 Å². The number of hydrogen-bond acceptors (Lipinski definition) is 6. The van der Waals surface area contributed by atoms with Gasteiger partial charge in [-0.3, -0.25) is 14.4 Å². The zero-order chi connectivity index (χ0) is 50.0. The lowest BCUT2D eigenvalue weighted by Crippen LogP contribution is -2.30. The van der Waals surface area contributed by atoms with Crippen LogP contribution in [0.15, 0.2) is 72.9 Å². The minimum atomic E-state index is -0.789. The average Bonchev–Trinajstić information content (AvgIpc) is 3.35. The highest BCUT2D eigenvalue weighted by Gasteiger charge is 2.19.